The van der Waals surface area contributed by atoms with E-state index < -0.39 is 0 Å². The summed E-state index contributed by atoms with van der Waals surface area (Å²) in [7, 11) is 4.15. The molecule has 1 aromatic rings. The standard InChI is InChI=1S/C12H23N7O/c1-16(2)3-4-17-5-7-18(8-6-17)11(20)9-19-10-14-12(13)15-19/h10H,3-9H2,1-2H3,(H2,13,15). The summed E-state index contributed by atoms with van der Waals surface area (Å²) in [5, 5.41) is 3.93. The van der Waals surface area contributed by atoms with Crippen molar-refractivity contribution >= 4 is 11.9 Å². The Morgan fingerprint density at radius 1 is 1.35 bits per heavy atom. The van der Waals surface area contributed by atoms with Crippen LogP contribution < -0.4 is 5.73 Å². The molecule has 2 N–H and O–H groups in total. The molecular weight excluding hydrogens is 258 g/mol. The van der Waals surface area contributed by atoms with Crippen molar-refractivity contribution in [2.75, 3.05) is 59.1 Å². The summed E-state index contributed by atoms with van der Waals surface area (Å²) in [5.74, 6) is 0.272. The Hall–Kier alpha value is -1.67. The van der Waals surface area contributed by atoms with Crippen LogP contribution in [0.15, 0.2) is 6.33 Å². The molecule has 0 unspecified atom stereocenters. The van der Waals surface area contributed by atoms with E-state index >= 15 is 0 Å². The number of carbonyl (C=O) groups excluding carboxylic acids is 1. The number of amides is 1. The number of nitrogen functional groups attached to an aromatic ring is 1. The first kappa shape index (κ1) is 14.7. The number of aromatic nitrogens is 3. The van der Waals surface area contributed by atoms with Gasteiger partial charge in [0.05, 0.1) is 0 Å². The molecule has 1 aliphatic heterocycles. The fraction of sp³-hybridized carbons (Fsp3) is 0.750. The molecule has 8 nitrogen and oxygen atoms in total. The highest BCUT2D eigenvalue weighted by Gasteiger charge is 2.21. The molecule has 1 fully saturated rings. The Morgan fingerprint density at radius 2 is 2.05 bits per heavy atom. The van der Waals surface area contributed by atoms with Crippen molar-refractivity contribution in [1.82, 2.24) is 29.5 Å². The Balaban J connectivity index is 1.74. The second-order valence-corrected chi connectivity index (χ2v) is 5.33. The summed E-state index contributed by atoms with van der Waals surface area (Å²) >= 11 is 0. The molecule has 0 bridgehead atoms. The maximum Gasteiger partial charge on any atom is 0.244 e. The summed E-state index contributed by atoms with van der Waals surface area (Å²) in [5.41, 5.74) is 5.43. The number of piperazine rings is 1. The molecule has 2 rings (SSSR count). The zero-order valence-electron chi connectivity index (χ0n) is 12.2. The normalized spacial score (nSPS) is 16.9. The van der Waals surface area contributed by atoms with Gasteiger partial charge in [0, 0.05) is 39.3 Å². The Morgan fingerprint density at radius 3 is 2.60 bits per heavy atom. The third-order valence-electron chi connectivity index (χ3n) is 3.44. The third kappa shape index (κ3) is 4.17. The van der Waals surface area contributed by atoms with Gasteiger partial charge in [0.25, 0.3) is 0 Å². The number of hydrogen-bond acceptors (Lipinski definition) is 6. The first-order valence-electron chi connectivity index (χ1n) is 6.84. The molecule has 8 heteroatoms. The molecular formula is C12H23N7O. The number of hydrogen-bond donors (Lipinski definition) is 1. The first-order valence-corrected chi connectivity index (χ1v) is 6.84. The van der Waals surface area contributed by atoms with Gasteiger partial charge in [-0.05, 0) is 14.1 Å². The van der Waals surface area contributed by atoms with Crippen molar-refractivity contribution in [3.05, 3.63) is 6.33 Å². The minimum Gasteiger partial charge on any atom is -0.367 e. The lowest BCUT2D eigenvalue weighted by atomic mass is 10.3. The Bertz CT molecular complexity index is 437. The molecule has 20 heavy (non-hydrogen) atoms. The van der Waals surface area contributed by atoms with E-state index in [2.05, 4.69) is 34.0 Å². The third-order valence-corrected chi connectivity index (χ3v) is 3.44. The minimum absolute atomic E-state index is 0.0714. The fourth-order valence-electron chi connectivity index (χ4n) is 2.19. The van der Waals surface area contributed by atoms with Gasteiger partial charge in [-0.15, -0.1) is 5.10 Å². The molecule has 1 saturated heterocycles. The zero-order valence-corrected chi connectivity index (χ0v) is 12.2. The van der Waals surface area contributed by atoms with Gasteiger partial charge in [-0.2, -0.15) is 0 Å². The summed E-state index contributed by atoms with van der Waals surface area (Å²) < 4.78 is 1.48. The van der Waals surface area contributed by atoms with Gasteiger partial charge in [-0.25, -0.2) is 9.67 Å². The van der Waals surface area contributed by atoms with Gasteiger partial charge in [0.2, 0.25) is 11.9 Å². The summed E-state index contributed by atoms with van der Waals surface area (Å²) in [6.07, 6.45) is 1.49. The van der Waals surface area contributed by atoms with E-state index in [1.807, 2.05) is 4.90 Å². The lowest BCUT2D eigenvalue weighted by Gasteiger charge is -2.35. The number of nitrogens with two attached hydrogens (primary N) is 1. The second-order valence-electron chi connectivity index (χ2n) is 5.33. The van der Waals surface area contributed by atoms with E-state index in [1.54, 1.807) is 0 Å². The molecule has 1 aliphatic rings. The van der Waals surface area contributed by atoms with Crippen molar-refractivity contribution in [2.24, 2.45) is 0 Å². The topological polar surface area (TPSA) is 83.5 Å². The Labute approximate surface area is 119 Å². The molecule has 0 saturated carbocycles. The van der Waals surface area contributed by atoms with Gasteiger partial charge >= 0.3 is 0 Å². The van der Waals surface area contributed by atoms with Crippen molar-refractivity contribution in [3.63, 3.8) is 0 Å². The van der Waals surface area contributed by atoms with Crippen LogP contribution in [0.3, 0.4) is 0 Å². The van der Waals surface area contributed by atoms with Crippen LogP contribution in [-0.2, 0) is 11.3 Å². The highest BCUT2D eigenvalue weighted by Crippen LogP contribution is 2.03. The van der Waals surface area contributed by atoms with Crippen LogP contribution in [0.1, 0.15) is 0 Å². The highest BCUT2D eigenvalue weighted by molar-refractivity contribution is 5.76. The number of likely N-dealkylation sites (N-methyl/N-ethyl adjacent to an activating group) is 1. The average molecular weight is 281 g/mol. The van der Waals surface area contributed by atoms with Crippen molar-refractivity contribution in [1.29, 1.82) is 0 Å². The van der Waals surface area contributed by atoms with E-state index in [0.717, 1.165) is 39.3 Å². The fourth-order valence-corrected chi connectivity index (χ4v) is 2.19. The van der Waals surface area contributed by atoms with Crippen LogP contribution >= 0.6 is 0 Å². The maximum absolute atomic E-state index is 12.1. The van der Waals surface area contributed by atoms with Gasteiger partial charge in [-0.3, -0.25) is 9.69 Å². The van der Waals surface area contributed by atoms with Crippen LogP contribution in [-0.4, -0.2) is 88.7 Å². The predicted octanol–water partition coefficient (Wildman–Crippen LogP) is -1.43. The maximum atomic E-state index is 12.1. The summed E-state index contributed by atoms with van der Waals surface area (Å²) in [4.78, 5) is 22.4. The quantitative estimate of drug-likeness (QED) is 0.712. The van der Waals surface area contributed by atoms with Gasteiger partial charge < -0.3 is 15.5 Å². The van der Waals surface area contributed by atoms with Gasteiger partial charge in [0.1, 0.15) is 12.9 Å². The van der Waals surface area contributed by atoms with Crippen LogP contribution in [0.5, 0.6) is 0 Å². The molecule has 0 aliphatic carbocycles. The minimum atomic E-state index is 0.0714. The summed E-state index contributed by atoms with van der Waals surface area (Å²) in [6, 6.07) is 0. The zero-order chi connectivity index (χ0) is 14.5. The van der Waals surface area contributed by atoms with E-state index in [9.17, 15) is 4.79 Å². The highest BCUT2D eigenvalue weighted by atomic mass is 16.2. The molecule has 0 atom stereocenters. The molecule has 0 radical (unpaired) electrons. The van der Waals surface area contributed by atoms with E-state index in [-0.39, 0.29) is 18.4 Å². The monoisotopic (exact) mass is 281 g/mol. The molecule has 0 aromatic carbocycles. The van der Waals surface area contributed by atoms with Crippen molar-refractivity contribution in [3.8, 4) is 0 Å². The number of carbonyl (C=O) groups is 1. The van der Waals surface area contributed by atoms with Crippen LogP contribution in [0.2, 0.25) is 0 Å². The van der Waals surface area contributed by atoms with E-state index in [0.29, 0.717) is 0 Å². The molecule has 2 heterocycles. The molecule has 1 aromatic heterocycles. The first-order chi connectivity index (χ1) is 9.54. The lowest BCUT2D eigenvalue weighted by Crippen LogP contribution is -2.50. The summed E-state index contributed by atoms with van der Waals surface area (Å²) in [6.45, 7) is 5.72. The van der Waals surface area contributed by atoms with Crippen LogP contribution in [0.25, 0.3) is 0 Å². The van der Waals surface area contributed by atoms with Gasteiger partial charge in [-0.1, -0.05) is 0 Å². The van der Waals surface area contributed by atoms with E-state index in [4.69, 9.17) is 5.73 Å². The smallest absolute Gasteiger partial charge is 0.244 e. The second kappa shape index (κ2) is 6.67. The van der Waals surface area contributed by atoms with Crippen LogP contribution in [0.4, 0.5) is 5.95 Å². The van der Waals surface area contributed by atoms with Crippen molar-refractivity contribution in [2.45, 2.75) is 6.54 Å². The number of anilines is 1. The molecule has 0 spiro atoms. The predicted molar refractivity (Wildman–Crippen MR) is 76.0 cm³/mol. The molecule has 1 amide bonds. The Kier molecular flexibility index (Phi) is 4.91. The lowest BCUT2D eigenvalue weighted by molar-refractivity contribution is -0.133. The number of nitrogens with zero attached hydrogens (tertiary/aromatic N) is 6. The number of rotatable bonds is 5. The van der Waals surface area contributed by atoms with Gasteiger partial charge in [0.15, 0.2) is 0 Å². The molecule has 112 valence electrons. The van der Waals surface area contributed by atoms with Crippen LogP contribution in [0, 0.1) is 0 Å². The van der Waals surface area contributed by atoms with Crippen molar-refractivity contribution < 1.29 is 4.79 Å². The largest absolute Gasteiger partial charge is 0.367 e. The SMILES string of the molecule is CN(C)CCN1CCN(C(=O)Cn2cnc(N)n2)CC1. The van der Waals surface area contributed by atoms with E-state index in [1.165, 1.54) is 11.0 Å². The average Bonchev–Trinajstić information content (AvgIpc) is 2.82.